The zero-order chi connectivity index (χ0) is 12.8. The summed E-state index contributed by atoms with van der Waals surface area (Å²) in [5.41, 5.74) is 2.51. The van der Waals surface area contributed by atoms with Crippen LogP contribution in [0.3, 0.4) is 0 Å². The van der Waals surface area contributed by atoms with Gasteiger partial charge in [0.15, 0.2) is 0 Å². The highest BCUT2D eigenvalue weighted by Gasteiger charge is 2.47. The number of hydrogen-bond acceptors (Lipinski definition) is 2. The Hall–Kier alpha value is -0.340. The van der Waals surface area contributed by atoms with Gasteiger partial charge in [-0.05, 0) is 49.0 Å². The zero-order valence-electron chi connectivity index (χ0n) is 11.5. The van der Waals surface area contributed by atoms with Crippen LogP contribution in [-0.2, 0) is 0 Å². The third-order valence-electron chi connectivity index (χ3n) is 5.13. The Morgan fingerprint density at radius 2 is 1.94 bits per heavy atom. The smallest absolute Gasteiger partial charge is 0.0806 e. The lowest BCUT2D eigenvalue weighted by Crippen LogP contribution is -2.25. The lowest BCUT2D eigenvalue weighted by Gasteiger charge is -2.24. The van der Waals surface area contributed by atoms with E-state index in [9.17, 15) is 10.2 Å². The van der Waals surface area contributed by atoms with E-state index in [1.165, 1.54) is 17.6 Å². The lowest BCUT2D eigenvalue weighted by atomic mass is 9.84. The van der Waals surface area contributed by atoms with E-state index in [1.807, 2.05) is 0 Å². The molecule has 0 heterocycles. The van der Waals surface area contributed by atoms with Crippen LogP contribution in [0.1, 0.15) is 47.0 Å². The molecule has 17 heavy (non-hydrogen) atoms. The Labute approximate surface area is 105 Å². The first-order valence-corrected chi connectivity index (χ1v) is 6.88. The molecule has 0 saturated heterocycles. The van der Waals surface area contributed by atoms with Gasteiger partial charge in [-0.2, -0.15) is 0 Å². The van der Waals surface area contributed by atoms with Gasteiger partial charge in [-0.25, -0.2) is 0 Å². The quantitative estimate of drug-likeness (QED) is 0.690. The summed E-state index contributed by atoms with van der Waals surface area (Å²) in [6, 6.07) is 0. The third kappa shape index (κ3) is 2.06. The monoisotopic (exact) mass is 238 g/mol. The molecule has 0 spiro atoms. The van der Waals surface area contributed by atoms with Crippen LogP contribution in [0.15, 0.2) is 11.1 Å². The molecule has 1 fully saturated rings. The van der Waals surface area contributed by atoms with Crippen LogP contribution in [-0.4, -0.2) is 22.9 Å². The number of aliphatic hydroxyl groups excluding tert-OH is 2. The van der Waals surface area contributed by atoms with Crippen molar-refractivity contribution in [3.8, 4) is 0 Å². The molecule has 1 saturated carbocycles. The minimum absolute atomic E-state index is 0.00708. The van der Waals surface area contributed by atoms with E-state index in [0.29, 0.717) is 11.8 Å². The van der Waals surface area contributed by atoms with E-state index in [2.05, 4.69) is 27.7 Å². The minimum Gasteiger partial charge on any atom is -0.396 e. The van der Waals surface area contributed by atoms with E-state index >= 15 is 0 Å². The van der Waals surface area contributed by atoms with E-state index in [4.69, 9.17) is 0 Å². The number of rotatable bonds is 1. The Morgan fingerprint density at radius 3 is 2.53 bits per heavy atom. The van der Waals surface area contributed by atoms with Crippen LogP contribution in [0.25, 0.3) is 0 Å². The molecule has 0 unspecified atom stereocenters. The maximum Gasteiger partial charge on any atom is 0.0806 e. The molecular formula is C15H26O2. The molecule has 0 aromatic carbocycles. The number of fused-ring (bicyclic) bond motifs is 1. The summed E-state index contributed by atoms with van der Waals surface area (Å²) in [7, 11) is 0. The SMILES string of the molecule is CC1=C2[C@@H](CC(C)(C)[C@@H]2O)[C@@H](C)CC[C@@H]1CO. The maximum atomic E-state index is 10.5. The summed E-state index contributed by atoms with van der Waals surface area (Å²) in [6.45, 7) is 8.96. The first-order valence-electron chi connectivity index (χ1n) is 6.88. The molecule has 0 bridgehead atoms. The first kappa shape index (κ1) is 13.1. The Kier molecular flexibility index (Phi) is 3.39. The zero-order valence-corrected chi connectivity index (χ0v) is 11.5. The summed E-state index contributed by atoms with van der Waals surface area (Å²) in [6.07, 6.45) is 3.00. The Balaban J connectivity index is 2.44. The van der Waals surface area contributed by atoms with Gasteiger partial charge in [0.25, 0.3) is 0 Å². The first-order chi connectivity index (χ1) is 7.88. The van der Waals surface area contributed by atoms with Crippen LogP contribution in [0, 0.1) is 23.2 Å². The van der Waals surface area contributed by atoms with Gasteiger partial charge in [0.1, 0.15) is 0 Å². The molecule has 0 aliphatic heterocycles. The summed E-state index contributed by atoms with van der Waals surface area (Å²) < 4.78 is 0. The van der Waals surface area contributed by atoms with Gasteiger partial charge < -0.3 is 10.2 Å². The van der Waals surface area contributed by atoms with Crippen molar-refractivity contribution in [3.63, 3.8) is 0 Å². The van der Waals surface area contributed by atoms with Crippen molar-refractivity contribution in [2.45, 2.75) is 53.1 Å². The predicted octanol–water partition coefficient (Wildman–Crippen LogP) is 2.75. The second-order valence-corrected chi connectivity index (χ2v) is 6.77. The molecule has 2 aliphatic rings. The van der Waals surface area contributed by atoms with Crippen LogP contribution in [0.5, 0.6) is 0 Å². The summed E-state index contributed by atoms with van der Waals surface area (Å²) in [4.78, 5) is 0. The molecule has 2 nitrogen and oxygen atoms in total. The average Bonchev–Trinajstić information content (AvgIpc) is 2.43. The highest BCUT2D eigenvalue weighted by atomic mass is 16.3. The largest absolute Gasteiger partial charge is 0.396 e. The fraction of sp³-hybridized carbons (Fsp3) is 0.867. The second-order valence-electron chi connectivity index (χ2n) is 6.77. The van der Waals surface area contributed by atoms with Crippen molar-refractivity contribution in [3.05, 3.63) is 11.1 Å². The van der Waals surface area contributed by atoms with Gasteiger partial charge in [-0.1, -0.05) is 26.3 Å². The van der Waals surface area contributed by atoms with Crippen molar-refractivity contribution in [2.24, 2.45) is 23.2 Å². The van der Waals surface area contributed by atoms with Crippen LogP contribution in [0.2, 0.25) is 0 Å². The molecule has 0 radical (unpaired) electrons. The fourth-order valence-corrected chi connectivity index (χ4v) is 3.77. The predicted molar refractivity (Wildman–Crippen MR) is 69.6 cm³/mol. The van der Waals surface area contributed by atoms with E-state index < -0.39 is 0 Å². The topological polar surface area (TPSA) is 40.5 Å². The molecule has 2 aliphatic carbocycles. The summed E-state index contributed by atoms with van der Waals surface area (Å²) in [5, 5.41) is 20.0. The van der Waals surface area contributed by atoms with Gasteiger partial charge in [-0.3, -0.25) is 0 Å². The molecule has 2 rings (SSSR count). The van der Waals surface area contributed by atoms with Crippen LogP contribution >= 0.6 is 0 Å². The van der Waals surface area contributed by atoms with Crippen LogP contribution < -0.4 is 0 Å². The highest BCUT2D eigenvalue weighted by molar-refractivity contribution is 5.30. The molecule has 0 amide bonds. The molecular weight excluding hydrogens is 212 g/mol. The van der Waals surface area contributed by atoms with Crippen LogP contribution in [0.4, 0.5) is 0 Å². The van der Waals surface area contributed by atoms with Crippen molar-refractivity contribution >= 4 is 0 Å². The number of aliphatic hydroxyl groups is 2. The Morgan fingerprint density at radius 1 is 1.29 bits per heavy atom. The van der Waals surface area contributed by atoms with Crippen molar-refractivity contribution in [1.82, 2.24) is 0 Å². The van der Waals surface area contributed by atoms with Crippen molar-refractivity contribution < 1.29 is 10.2 Å². The van der Waals surface area contributed by atoms with Crippen molar-refractivity contribution in [2.75, 3.05) is 6.61 Å². The van der Waals surface area contributed by atoms with E-state index in [1.54, 1.807) is 0 Å². The van der Waals surface area contributed by atoms with Gasteiger partial charge in [0.2, 0.25) is 0 Å². The van der Waals surface area contributed by atoms with Gasteiger partial charge in [0.05, 0.1) is 6.10 Å². The Bertz CT molecular complexity index is 330. The third-order valence-corrected chi connectivity index (χ3v) is 5.13. The molecule has 0 aromatic rings. The maximum absolute atomic E-state index is 10.5. The summed E-state index contributed by atoms with van der Waals surface area (Å²) >= 11 is 0. The molecule has 98 valence electrons. The summed E-state index contributed by atoms with van der Waals surface area (Å²) in [5.74, 6) is 1.42. The van der Waals surface area contributed by atoms with Gasteiger partial charge in [-0.15, -0.1) is 0 Å². The van der Waals surface area contributed by atoms with Gasteiger partial charge in [0, 0.05) is 12.5 Å². The standard InChI is InChI=1S/C15H26O2/c1-9-5-6-11(8-16)10(2)13-12(9)7-15(3,4)14(13)17/h9,11-12,14,16-17H,5-8H2,1-4H3/t9-,11+,12-,14+/m0/s1. The van der Waals surface area contributed by atoms with Crippen molar-refractivity contribution in [1.29, 1.82) is 0 Å². The molecule has 0 aromatic heterocycles. The van der Waals surface area contributed by atoms with E-state index in [0.717, 1.165) is 12.8 Å². The molecule has 4 atom stereocenters. The minimum atomic E-state index is -0.318. The lowest BCUT2D eigenvalue weighted by molar-refractivity contribution is 0.101. The average molecular weight is 238 g/mol. The second kappa shape index (κ2) is 4.40. The molecule has 2 heteroatoms. The normalized spacial score (nSPS) is 41.3. The highest BCUT2D eigenvalue weighted by Crippen LogP contribution is 2.52. The van der Waals surface area contributed by atoms with Gasteiger partial charge >= 0.3 is 0 Å². The fourth-order valence-electron chi connectivity index (χ4n) is 3.77. The number of hydrogen-bond donors (Lipinski definition) is 2. The molecule has 2 N–H and O–H groups in total. The van der Waals surface area contributed by atoms with E-state index in [-0.39, 0.29) is 24.0 Å².